The highest BCUT2D eigenvalue weighted by Crippen LogP contribution is 2.16. The monoisotopic (exact) mass is 251 g/mol. The summed E-state index contributed by atoms with van der Waals surface area (Å²) in [5.41, 5.74) is 1.19. The number of hydrogen-bond donors (Lipinski definition) is 2. The fraction of sp³-hybridized carbons (Fsp3) is 0.643. The lowest BCUT2D eigenvalue weighted by Crippen LogP contribution is -2.32. The molecule has 1 aromatic rings. The molecule has 0 spiro atoms. The van der Waals surface area contributed by atoms with Gasteiger partial charge < -0.3 is 15.3 Å². The summed E-state index contributed by atoms with van der Waals surface area (Å²) in [5.74, 6) is 0.892. The fourth-order valence-corrected chi connectivity index (χ4v) is 1.69. The molecule has 18 heavy (non-hydrogen) atoms. The van der Waals surface area contributed by atoms with Gasteiger partial charge in [0.2, 0.25) is 0 Å². The molecule has 2 N–H and O–H groups in total. The highest BCUT2D eigenvalue weighted by Gasteiger charge is 2.11. The van der Waals surface area contributed by atoms with E-state index in [0.717, 1.165) is 18.8 Å². The van der Waals surface area contributed by atoms with Crippen LogP contribution in [0.5, 0.6) is 0 Å². The van der Waals surface area contributed by atoms with E-state index in [1.54, 1.807) is 0 Å². The number of nitrogens with zero attached hydrogens (tertiary/aromatic N) is 2. The number of likely N-dealkylation sites (N-methyl/N-ethyl adjacent to an activating group) is 1. The van der Waals surface area contributed by atoms with Crippen molar-refractivity contribution in [1.29, 1.82) is 0 Å². The number of aromatic nitrogens is 1. The van der Waals surface area contributed by atoms with Crippen molar-refractivity contribution in [3.8, 4) is 0 Å². The molecule has 4 nitrogen and oxygen atoms in total. The highest BCUT2D eigenvalue weighted by molar-refractivity contribution is 5.39. The molecule has 102 valence electrons. The minimum Gasteiger partial charge on any atom is -0.394 e. The third-order valence-electron chi connectivity index (χ3n) is 3.26. The Kier molecular flexibility index (Phi) is 6.09. The van der Waals surface area contributed by atoms with Crippen LogP contribution in [0.4, 0.5) is 5.82 Å². The SMILES string of the molecule is CCCNC(C)c1ccc(N(C)C(C)CO)nc1. The van der Waals surface area contributed by atoms with Gasteiger partial charge in [0.15, 0.2) is 0 Å². The Bertz CT molecular complexity index is 339. The predicted octanol–water partition coefficient (Wildman–Crippen LogP) is 1.96. The van der Waals surface area contributed by atoms with Gasteiger partial charge in [0.05, 0.1) is 12.6 Å². The minimum atomic E-state index is 0.0824. The van der Waals surface area contributed by atoms with Crippen molar-refractivity contribution in [2.45, 2.75) is 39.3 Å². The Hall–Kier alpha value is -1.13. The number of pyridine rings is 1. The summed E-state index contributed by atoms with van der Waals surface area (Å²) in [6, 6.07) is 4.51. The largest absolute Gasteiger partial charge is 0.394 e. The zero-order valence-corrected chi connectivity index (χ0v) is 11.8. The van der Waals surface area contributed by atoms with Gasteiger partial charge in [0.25, 0.3) is 0 Å². The van der Waals surface area contributed by atoms with E-state index in [1.807, 2.05) is 31.1 Å². The number of rotatable bonds is 7. The standard InChI is InChI=1S/C14H25N3O/c1-5-8-15-12(3)13-6-7-14(16-9-13)17(4)11(2)10-18/h6-7,9,11-12,15,18H,5,8,10H2,1-4H3. The maximum atomic E-state index is 9.13. The molecule has 2 atom stereocenters. The third-order valence-corrected chi connectivity index (χ3v) is 3.26. The van der Waals surface area contributed by atoms with Crippen LogP contribution in [0.3, 0.4) is 0 Å². The van der Waals surface area contributed by atoms with Gasteiger partial charge in [0.1, 0.15) is 5.82 Å². The summed E-state index contributed by atoms with van der Waals surface area (Å²) >= 11 is 0. The summed E-state index contributed by atoms with van der Waals surface area (Å²) in [6.07, 6.45) is 3.04. The van der Waals surface area contributed by atoms with Crippen molar-refractivity contribution >= 4 is 5.82 Å². The quantitative estimate of drug-likeness (QED) is 0.778. The molecule has 0 aliphatic carbocycles. The second kappa shape index (κ2) is 7.34. The molecule has 0 fully saturated rings. The van der Waals surface area contributed by atoms with E-state index in [0.29, 0.717) is 6.04 Å². The van der Waals surface area contributed by atoms with E-state index in [2.05, 4.69) is 30.2 Å². The molecular formula is C14H25N3O. The van der Waals surface area contributed by atoms with Crippen LogP contribution < -0.4 is 10.2 Å². The van der Waals surface area contributed by atoms with Gasteiger partial charge in [-0.05, 0) is 38.4 Å². The smallest absolute Gasteiger partial charge is 0.128 e. The van der Waals surface area contributed by atoms with Gasteiger partial charge in [0, 0.05) is 19.3 Å². The van der Waals surface area contributed by atoms with Crippen LogP contribution >= 0.6 is 0 Å². The average Bonchev–Trinajstić information content (AvgIpc) is 2.43. The second-order valence-electron chi connectivity index (χ2n) is 4.77. The Labute approximate surface area is 110 Å². The van der Waals surface area contributed by atoms with Crippen LogP contribution in [0, 0.1) is 0 Å². The molecule has 1 heterocycles. The molecule has 1 aromatic heterocycles. The lowest BCUT2D eigenvalue weighted by Gasteiger charge is -2.24. The topological polar surface area (TPSA) is 48.4 Å². The van der Waals surface area contributed by atoms with Crippen LogP contribution in [0.25, 0.3) is 0 Å². The number of hydrogen-bond acceptors (Lipinski definition) is 4. The van der Waals surface area contributed by atoms with Crippen LogP contribution in [0.15, 0.2) is 18.3 Å². The Balaban J connectivity index is 2.67. The Morgan fingerprint density at radius 3 is 2.61 bits per heavy atom. The number of aliphatic hydroxyl groups is 1. The first kappa shape index (κ1) is 14.9. The molecular weight excluding hydrogens is 226 g/mol. The first-order chi connectivity index (χ1) is 8.60. The van der Waals surface area contributed by atoms with Crippen LogP contribution in [-0.4, -0.2) is 36.3 Å². The Morgan fingerprint density at radius 1 is 1.39 bits per heavy atom. The van der Waals surface area contributed by atoms with Gasteiger partial charge in [-0.2, -0.15) is 0 Å². The molecule has 0 aromatic carbocycles. The van der Waals surface area contributed by atoms with Gasteiger partial charge in [-0.15, -0.1) is 0 Å². The molecule has 0 amide bonds. The first-order valence-electron chi connectivity index (χ1n) is 6.63. The Morgan fingerprint density at radius 2 is 2.11 bits per heavy atom. The molecule has 0 aliphatic rings. The van der Waals surface area contributed by atoms with Crippen molar-refractivity contribution in [1.82, 2.24) is 10.3 Å². The van der Waals surface area contributed by atoms with Crippen molar-refractivity contribution in [2.24, 2.45) is 0 Å². The third kappa shape index (κ3) is 3.96. The summed E-state index contributed by atoms with van der Waals surface area (Å²) in [7, 11) is 1.95. The maximum Gasteiger partial charge on any atom is 0.128 e. The van der Waals surface area contributed by atoms with E-state index >= 15 is 0 Å². The van der Waals surface area contributed by atoms with Crippen LogP contribution in [-0.2, 0) is 0 Å². The lowest BCUT2D eigenvalue weighted by molar-refractivity contribution is 0.270. The molecule has 0 aliphatic heterocycles. The van der Waals surface area contributed by atoms with E-state index in [-0.39, 0.29) is 12.6 Å². The molecule has 0 radical (unpaired) electrons. The van der Waals surface area contributed by atoms with Crippen molar-refractivity contribution in [2.75, 3.05) is 25.1 Å². The molecule has 0 saturated carbocycles. The van der Waals surface area contributed by atoms with Crippen LogP contribution in [0.2, 0.25) is 0 Å². The van der Waals surface area contributed by atoms with Gasteiger partial charge in [-0.25, -0.2) is 4.98 Å². The summed E-state index contributed by atoms with van der Waals surface area (Å²) < 4.78 is 0. The zero-order valence-electron chi connectivity index (χ0n) is 11.8. The molecule has 4 heteroatoms. The van der Waals surface area contributed by atoms with E-state index in [1.165, 1.54) is 5.56 Å². The molecule has 1 rings (SSSR count). The van der Waals surface area contributed by atoms with Gasteiger partial charge in [-0.3, -0.25) is 0 Å². The first-order valence-corrected chi connectivity index (χ1v) is 6.63. The van der Waals surface area contributed by atoms with Gasteiger partial charge >= 0.3 is 0 Å². The molecule has 2 unspecified atom stereocenters. The van der Waals surface area contributed by atoms with Gasteiger partial charge in [-0.1, -0.05) is 13.0 Å². The van der Waals surface area contributed by atoms with Crippen molar-refractivity contribution in [3.63, 3.8) is 0 Å². The minimum absolute atomic E-state index is 0.0824. The van der Waals surface area contributed by atoms with Crippen molar-refractivity contribution in [3.05, 3.63) is 23.9 Å². The highest BCUT2D eigenvalue weighted by atomic mass is 16.3. The van der Waals surface area contributed by atoms with E-state index in [4.69, 9.17) is 5.11 Å². The summed E-state index contributed by atoms with van der Waals surface area (Å²) in [5, 5.41) is 12.6. The summed E-state index contributed by atoms with van der Waals surface area (Å²) in [4.78, 5) is 6.43. The maximum absolute atomic E-state index is 9.13. The number of anilines is 1. The average molecular weight is 251 g/mol. The number of nitrogens with one attached hydrogen (secondary N) is 1. The summed E-state index contributed by atoms with van der Waals surface area (Å²) in [6.45, 7) is 7.43. The molecule has 0 saturated heterocycles. The lowest BCUT2D eigenvalue weighted by atomic mass is 10.1. The predicted molar refractivity (Wildman–Crippen MR) is 75.9 cm³/mol. The number of aliphatic hydroxyl groups excluding tert-OH is 1. The fourth-order valence-electron chi connectivity index (χ4n) is 1.69. The molecule has 0 bridgehead atoms. The second-order valence-corrected chi connectivity index (χ2v) is 4.77. The van der Waals surface area contributed by atoms with E-state index < -0.39 is 0 Å². The van der Waals surface area contributed by atoms with E-state index in [9.17, 15) is 0 Å². The van der Waals surface area contributed by atoms with Crippen LogP contribution in [0.1, 0.15) is 38.8 Å². The zero-order chi connectivity index (χ0) is 13.5. The normalized spacial score (nSPS) is 14.3. The van der Waals surface area contributed by atoms with Crippen molar-refractivity contribution < 1.29 is 5.11 Å².